The number of carbonyl (C=O) groups excluding carboxylic acids is 1. The summed E-state index contributed by atoms with van der Waals surface area (Å²) >= 11 is 0. The molecule has 0 radical (unpaired) electrons. The predicted octanol–water partition coefficient (Wildman–Crippen LogP) is 2.63. The molecule has 0 aliphatic rings. The third kappa shape index (κ3) is 2.50. The minimum atomic E-state index is 0.678. The number of hydrogen-bond donors (Lipinski definition) is 0. The van der Waals surface area contributed by atoms with Gasteiger partial charge in [0, 0.05) is 31.4 Å². The van der Waals surface area contributed by atoms with Gasteiger partial charge in [0.1, 0.15) is 6.29 Å². The number of hydrogen-bond acceptors (Lipinski definition) is 3. The van der Waals surface area contributed by atoms with E-state index < -0.39 is 0 Å². The lowest BCUT2D eigenvalue weighted by atomic mass is 10.0. The average molecular weight is 226 g/mol. The van der Waals surface area contributed by atoms with Crippen LogP contribution in [0.4, 0.5) is 5.69 Å². The normalized spacial score (nSPS) is 10.0. The number of nitrogens with zero attached hydrogens (tertiary/aromatic N) is 2. The zero-order valence-electron chi connectivity index (χ0n) is 9.92. The van der Waals surface area contributed by atoms with Crippen LogP contribution in [0, 0.1) is 0 Å². The van der Waals surface area contributed by atoms with Crippen LogP contribution in [0.5, 0.6) is 0 Å². The van der Waals surface area contributed by atoms with Gasteiger partial charge in [0.25, 0.3) is 0 Å². The fourth-order valence-corrected chi connectivity index (χ4v) is 1.62. The molecule has 0 spiro atoms. The van der Waals surface area contributed by atoms with E-state index in [1.807, 2.05) is 43.4 Å². The fraction of sp³-hybridized carbons (Fsp3) is 0.143. The Kier molecular flexibility index (Phi) is 3.19. The number of pyridine rings is 1. The van der Waals surface area contributed by atoms with Gasteiger partial charge in [-0.05, 0) is 17.7 Å². The summed E-state index contributed by atoms with van der Waals surface area (Å²) in [6.45, 7) is 0. The van der Waals surface area contributed by atoms with E-state index >= 15 is 0 Å². The van der Waals surface area contributed by atoms with E-state index in [2.05, 4.69) is 11.1 Å². The highest BCUT2D eigenvalue weighted by atomic mass is 16.1. The second kappa shape index (κ2) is 4.78. The molecule has 0 aliphatic heterocycles. The number of carbonyl (C=O) groups is 1. The number of rotatable bonds is 3. The summed E-state index contributed by atoms with van der Waals surface area (Å²) < 4.78 is 0. The van der Waals surface area contributed by atoms with Gasteiger partial charge in [-0.2, -0.15) is 0 Å². The molecule has 0 atom stereocenters. The molecule has 0 N–H and O–H groups in total. The highest BCUT2D eigenvalue weighted by Crippen LogP contribution is 2.22. The molecule has 0 saturated carbocycles. The summed E-state index contributed by atoms with van der Waals surface area (Å²) in [4.78, 5) is 16.9. The first-order chi connectivity index (χ1) is 8.20. The lowest BCUT2D eigenvalue weighted by Gasteiger charge is -2.13. The van der Waals surface area contributed by atoms with Gasteiger partial charge in [0.15, 0.2) is 0 Å². The molecule has 0 bridgehead atoms. The van der Waals surface area contributed by atoms with Gasteiger partial charge in [-0.3, -0.25) is 9.78 Å². The van der Waals surface area contributed by atoms with Crippen LogP contribution in [0.25, 0.3) is 11.1 Å². The summed E-state index contributed by atoms with van der Waals surface area (Å²) in [6.07, 6.45) is 4.47. The molecule has 3 nitrogen and oxygen atoms in total. The Hall–Kier alpha value is -2.16. The van der Waals surface area contributed by atoms with E-state index in [0.29, 0.717) is 5.56 Å². The van der Waals surface area contributed by atoms with Crippen molar-refractivity contribution in [3.63, 3.8) is 0 Å². The topological polar surface area (TPSA) is 33.2 Å². The quantitative estimate of drug-likeness (QED) is 0.754. The van der Waals surface area contributed by atoms with Crippen LogP contribution in [0.15, 0.2) is 42.7 Å². The van der Waals surface area contributed by atoms with Crippen molar-refractivity contribution in [2.24, 2.45) is 0 Å². The van der Waals surface area contributed by atoms with Crippen molar-refractivity contribution in [3.8, 4) is 11.1 Å². The lowest BCUT2D eigenvalue weighted by molar-refractivity contribution is 0.112. The molecular formula is C14H14N2O. The average Bonchev–Trinajstić information content (AvgIpc) is 2.39. The van der Waals surface area contributed by atoms with E-state index in [-0.39, 0.29) is 0 Å². The molecule has 17 heavy (non-hydrogen) atoms. The van der Waals surface area contributed by atoms with Crippen LogP contribution in [0.1, 0.15) is 10.4 Å². The maximum atomic E-state index is 10.7. The van der Waals surface area contributed by atoms with E-state index in [0.717, 1.165) is 23.1 Å². The van der Waals surface area contributed by atoms with Crippen molar-refractivity contribution in [2.45, 2.75) is 0 Å². The minimum absolute atomic E-state index is 0.678. The number of aromatic nitrogens is 1. The first-order valence-corrected chi connectivity index (χ1v) is 5.38. The highest BCUT2D eigenvalue weighted by Gasteiger charge is 2.02. The maximum Gasteiger partial charge on any atom is 0.150 e. The molecule has 0 amide bonds. The molecule has 1 aromatic heterocycles. The van der Waals surface area contributed by atoms with Crippen molar-refractivity contribution in [1.82, 2.24) is 4.98 Å². The van der Waals surface area contributed by atoms with Crippen LogP contribution >= 0.6 is 0 Å². The van der Waals surface area contributed by atoms with Gasteiger partial charge in [-0.25, -0.2) is 0 Å². The van der Waals surface area contributed by atoms with Crippen molar-refractivity contribution < 1.29 is 4.79 Å². The predicted molar refractivity (Wildman–Crippen MR) is 69.4 cm³/mol. The molecule has 1 aromatic carbocycles. The van der Waals surface area contributed by atoms with Gasteiger partial charge in [0.2, 0.25) is 0 Å². The molecule has 0 aliphatic carbocycles. The Morgan fingerprint density at radius 2 is 1.94 bits per heavy atom. The van der Waals surface area contributed by atoms with E-state index in [1.54, 1.807) is 12.3 Å². The van der Waals surface area contributed by atoms with Crippen LogP contribution in [0.3, 0.4) is 0 Å². The SMILES string of the molecule is CN(C)c1cncc(-c2cccc(C=O)c2)c1. The Bertz CT molecular complexity index is 535. The second-order valence-corrected chi connectivity index (χ2v) is 4.07. The fourth-order valence-electron chi connectivity index (χ4n) is 1.62. The standard InChI is InChI=1S/C14H14N2O/c1-16(2)14-7-13(8-15-9-14)12-5-3-4-11(6-12)10-17/h3-10H,1-2H3. The Balaban J connectivity index is 2.45. The molecule has 0 saturated heterocycles. The largest absolute Gasteiger partial charge is 0.376 e. The molecule has 2 rings (SSSR count). The summed E-state index contributed by atoms with van der Waals surface area (Å²) in [7, 11) is 3.95. The van der Waals surface area contributed by atoms with Crippen LogP contribution in [-0.2, 0) is 0 Å². The molecule has 2 aromatic rings. The van der Waals surface area contributed by atoms with Crippen molar-refractivity contribution in [1.29, 1.82) is 0 Å². The maximum absolute atomic E-state index is 10.7. The van der Waals surface area contributed by atoms with Crippen molar-refractivity contribution in [2.75, 3.05) is 19.0 Å². The molecule has 0 fully saturated rings. The van der Waals surface area contributed by atoms with Crippen molar-refractivity contribution >= 4 is 12.0 Å². The summed E-state index contributed by atoms with van der Waals surface area (Å²) in [5.41, 5.74) is 3.74. The monoisotopic (exact) mass is 226 g/mol. The molecule has 0 unspecified atom stereocenters. The zero-order chi connectivity index (χ0) is 12.3. The number of benzene rings is 1. The minimum Gasteiger partial charge on any atom is -0.376 e. The van der Waals surface area contributed by atoms with Crippen LogP contribution in [0.2, 0.25) is 0 Å². The van der Waals surface area contributed by atoms with Gasteiger partial charge >= 0.3 is 0 Å². The third-order valence-corrected chi connectivity index (χ3v) is 2.60. The summed E-state index contributed by atoms with van der Waals surface area (Å²) in [5.74, 6) is 0. The Morgan fingerprint density at radius 3 is 2.65 bits per heavy atom. The number of anilines is 1. The zero-order valence-corrected chi connectivity index (χ0v) is 9.92. The second-order valence-electron chi connectivity index (χ2n) is 4.07. The Morgan fingerprint density at radius 1 is 1.12 bits per heavy atom. The summed E-state index contributed by atoms with van der Waals surface area (Å²) in [5, 5.41) is 0. The molecule has 86 valence electrons. The molecule has 3 heteroatoms. The molecule has 1 heterocycles. The third-order valence-electron chi connectivity index (χ3n) is 2.60. The Labute approximate surface area is 101 Å². The smallest absolute Gasteiger partial charge is 0.150 e. The first-order valence-electron chi connectivity index (χ1n) is 5.38. The van der Waals surface area contributed by atoms with E-state index in [1.165, 1.54) is 0 Å². The van der Waals surface area contributed by atoms with Gasteiger partial charge < -0.3 is 4.90 Å². The lowest BCUT2D eigenvalue weighted by Crippen LogP contribution is -2.08. The first kappa shape index (κ1) is 11.3. The number of aldehydes is 1. The van der Waals surface area contributed by atoms with Crippen LogP contribution < -0.4 is 4.90 Å². The van der Waals surface area contributed by atoms with Gasteiger partial charge in [-0.15, -0.1) is 0 Å². The van der Waals surface area contributed by atoms with E-state index in [4.69, 9.17) is 0 Å². The molecular weight excluding hydrogens is 212 g/mol. The van der Waals surface area contributed by atoms with Gasteiger partial charge in [-0.1, -0.05) is 18.2 Å². The van der Waals surface area contributed by atoms with Crippen molar-refractivity contribution in [3.05, 3.63) is 48.3 Å². The van der Waals surface area contributed by atoms with Gasteiger partial charge in [0.05, 0.1) is 11.9 Å². The van der Waals surface area contributed by atoms with E-state index in [9.17, 15) is 4.79 Å². The van der Waals surface area contributed by atoms with Crippen LogP contribution in [-0.4, -0.2) is 25.4 Å². The highest BCUT2D eigenvalue weighted by molar-refractivity contribution is 5.79. The summed E-state index contributed by atoms with van der Waals surface area (Å²) in [6, 6.07) is 9.56.